The van der Waals surface area contributed by atoms with Gasteiger partial charge < -0.3 is 5.11 Å². The van der Waals surface area contributed by atoms with Gasteiger partial charge in [-0.15, -0.1) is 0 Å². The number of hydrogen-bond acceptors (Lipinski definition) is 4. The average Bonchev–Trinajstić information content (AvgIpc) is 2.76. The summed E-state index contributed by atoms with van der Waals surface area (Å²) in [7, 11) is 0. The van der Waals surface area contributed by atoms with Crippen LogP contribution in [-0.2, 0) is 19.6 Å². The molecular weight excluding hydrogens is 288 g/mol. The molecule has 0 unspecified atom stereocenters. The molecule has 21 heavy (non-hydrogen) atoms. The summed E-state index contributed by atoms with van der Waals surface area (Å²) in [6.45, 7) is 5.22. The Morgan fingerprint density at radius 1 is 1.43 bits per heavy atom. The maximum Gasteiger partial charge on any atom is 0.0950 e. The molecule has 2 aromatic rings. The molecule has 5 nitrogen and oxygen atoms in total. The van der Waals surface area contributed by atoms with Crippen molar-refractivity contribution in [3.63, 3.8) is 0 Å². The maximum atomic E-state index is 9.67. The van der Waals surface area contributed by atoms with Crippen LogP contribution in [0.4, 0.5) is 0 Å². The van der Waals surface area contributed by atoms with Crippen LogP contribution < -0.4 is 0 Å². The minimum atomic E-state index is -0.523. The molecule has 0 aliphatic carbocycles. The highest BCUT2D eigenvalue weighted by Crippen LogP contribution is 2.21. The van der Waals surface area contributed by atoms with Gasteiger partial charge in [-0.1, -0.05) is 11.6 Å². The Morgan fingerprint density at radius 2 is 2.29 bits per heavy atom. The first-order chi connectivity index (χ1) is 10.1. The van der Waals surface area contributed by atoms with Gasteiger partial charge in [0, 0.05) is 49.2 Å². The number of pyridine rings is 1. The summed E-state index contributed by atoms with van der Waals surface area (Å²) < 4.78 is 2.01. The summed E-state index contributed by atoms with van der Waals surface area (Å²) in [5.74, 6) is 0. The molecule has 1 N–H and O–H groups in total. The quantitative estimate of drug-likeness (QED) is 0.946. The van der Waals surface area contributed by atoms with E-state index < -0.39 is 6.10 Å². The molecule has 0 amide bonds. The molecule has 0 fully saturated rings. The van der Waals surface area contributed by atoms with Gasteiger partial charge in [0.05, 0.1) is 17.5 Å². The molecule has 0 saturated heterocycles. The van der Waals surface area contributed by atoms with Crippen LogP contribution in [0.5, 0.6) is 0 Å². The lowest BCUT2D eigenvalue weighted by Gasteiger charge is -2.19. The summed E-state index contributed by atoms with van der Waals surface area (Å²) in [4.78, 5) is 6.49. The minimum absolute atomic E-state index is 0.523. The van der Waals surface area contributed by atoms with Crippen LogP contribution >= 0.6 is 11.6 Å². The Kier molecular flexibility index (Phi) is 4.24. The van der Waals surface area contributed by atoms with Gasteiger partial charge in [-0.2, -0.15) is 5.10 Å². The van der Waals surface area contributed by atoms with Crippen molar-refractivity contribution in [2.24, 2.45) is 0 Å². The van der Waals surface area contributed by atoms with Gasteiger partial charge in [0.15, 0.2) is 0 Å². The fourth-order valence-corrected chi connectivity index (χ4v) is 2.82. The zero-order chi connectivity index (χ0) is 14.8. The van der Waals surface area contributed by atoms with Crippen LogP contribution in [0.1, 0.15) is 36.4 Å². The molecule has 2 aromatic heterocycles. The second-order valence-electron chi connectivity index (χ2n) is 5.49. The number of rotatable bonds is 3. The summed E-state index contributed by atoms with van der Waals surface area (Å²) in [6, 6.07) is 3.82. The van der Waals surface area contributed by atoms with E-state index in [1.165, 1.54) is 0 Å². The molecule has 0 aromatic carbocycles. The lowest BCUT2D eigenvalue weighted by Crippen LogP contribution is -2.23. The van der Waals surface area contributed by atoms with E-state index in [4.69, 9.17) is 11.6 Å². The smallest absolute Gasteiger partial charge is 0.0950 e. The zero-order valence-electron chi connectivity index (χ0n) is 12.0. The molecule has 1 aliphatic rings. The van der Waals surface area contributed by atoms with Crippen LogP contribution in [0.2, 0.25) is 5.02 Å². The molecule has 112 valence electrons. The third-order valence-corrected chi connectivity index (χ3v) is 4.15. The highest BCUT2D eigenvalue weighted by atomic mass is 35.5. The lowest BCUT2D eigenvalue weighted by atomic mass is 10.2. The molecule has 3 rings (SSSR count). The minimum Gasteiger partial charge on any atom is -0.387 e. The Balaban J connectivity index is 1.77. The Hall–Kier alpha value is -1.43. The average molecular weight is 307 g/mol. The molecular formula is C15H19ClN4O. The number of nitrogens with zero attached hydrogens (tertiary/aromatic N) is 4. The Morgan fingerprint density at radius 3 is 3.05 bits per heavy atom. The van der Waals surface area contributed by atoms with Crippen molar-refractivity contribution in [2.75, 3.05) is 6.54 Å². The number of aryl methyl sites for hydroxylation is 1. The highest BCUT2D eigenvalue weighted by Gasteiger charge is 2.18. The van der Waals surface area contributed by atoms with Gasteiger partial charge in [0.2, 0.25) is 0 Å². The second-order valence-corrected chi connectivity index (χ2v) is 5.90. The van der Waals surface area contributed by atoms with E-state index in [-0.39, 0.29) is 0 Å². The van der Waals surface area contributed by atoms with Crippen molar-refractivity contribution < 1.29 is 5.11 Å². The Bertz CT molecular complexity index is 626. The molecule has 3 heterocycles. The molecule has 0 spiro atoms. The first-order valence-electron chi connectivity index (χ1n) is 7.19. The summed E-state index contributed by atoms with van der Waals surface area (Å²) in [5.41, 5.74) is 2.93. The standard InChI is InChI=1S/C15H19ClN4O/c1-11(21)15-7-13-10-19(5-2-6-20(13)18-15)9-12-8-17-4-3-14(12)16/h3-4,7-8,11,21H,2,5-6,9-10H2,1H3/t11-/m0/s1. The second kappa shape index (κ2) is 6.13. The van der Waals surface area contributed by atoms with E-state index in [0.29, 0.717) is 0 Å². The monoisotopic (exact) mass is 306 g/mol. The number of halogens is 1. The largest absolute Gasteiger partial charge is 0.387 e. The predicted octanol–water partition coefficient (Wildman–Crippen LogP) is 2.39. The summed E-state index contributed by atoms with van der Waals surface area (Å²) >= 11 is 6.21. The summed E-state index contributed by atoms with van der Waals surface area (Å²) in [5, 5.41) is 14.9. The van der Waals surface area contributed by atoms with Gasteiger partial charge in [0.25, 0.3) is 0 Å². The van der Waals surface area contributed by atoms with Crippen LogP contribution in [0, 0.1) is 0 Å². The van der Waals surface area contributed by atoms with Gasteiger partial charge in [0.1, 0.15) is 0 Å². The van der Waals surface area contributed by atoms with E-state index in [2.05, 4.69) is 15.0 Å². The normalized spacial score (nSPS) is 17.3. The number of aliphatic hydroxyl groups is 1. The fourth-order valence-electron chi connectivity index (χ4n) is 2.66. The van der Waals surface area contributed by atoms with E-state index >= 15 is 0 Å². The first-order valence-corrected chi connectivity index (χ1v) is 7.56. The fraction of sp³-hybridized carbons (Fsp3) is 0.467. The predicted molar refractivity (Wildman–Crippen MR) is 80.8 cm³/mol. The molecule has 0 saturated carbocycles. The third-order valence-electron chi connectivity index (χ3n) is 3.78. The topological polar surface area (TPSA) is 54.2 Å². The van der Waals surface area contributed by atoms with E-state index in [1.807, 2.05) is 23.0 Å². The molecule has 1 aliphatic heterocycles. The maximum absolute atomic E-state index is 9.67. The zero-order valence-corrected chi connectivity index (χ0v) is 12.8. The number of aliphatic hydroxyl groups excluding tert-OH is 1. The molecule has 6 heteroatoms. The molecule has 1 atom stereocenters. The van der Waals surface area contributed by atoms with E-state index in [0.717, 1.165) is 54.6 Å². The highest BCUT2D eigenvalue weighted by molar-refractivity contribution is 6.31. The Labute approximate surface area is 129 Å². The number of aromatic nitrogens is 3. The van der Waals surface area contributed by atoms with Gasteiger partial charge in [-0.05, 0) is 25.5 Å². The first kappa shape index (κ1) is 14.5. The van der Waals surface area contributed by atoms with Gasteiger partial charge >= 0.3 is 0 Å². The van der Waals surface area contributed by atoms with Gasteiger partial charge in [-0.25, -0.2) is 0 Å². The van der Waals surface area contributed by atoms with Crippen molar-refractivity contribution in [1.82, 2.24) is 19.7 Å². The third kappa shape index (κ3) is 3.26. The number of hydrogen-bond donors (Lipinski definition) is 1. The van der Waals surface area contributed by atoms with Crippen LogP contribution in [0.15, 0.2) is 24.5 Å². The van der Waals surface area contributed by atoms with Crippen LogP contribution in [0.25, 0.3) is 0 Å². The van der Waals surface area contributed by atoms with Crippen LogP contribution in [-0.4, -0.2) is 31.3 Å². The van der Waals surface area contributed by atoms with Gasteiger partial charge in [-0.3, -0.25) is 14.6 Å². The lowest BCUT2D eigenvalue weighted by molar-refractivity contribution is 0.193. The van der Waals surface area contributed by atoms with Crippen molar-refractivity contribution in [3.8, 4) is 0 Å². The van der Waals surface area contributed by atoms with Crippen molar-refractivity contribution in [1.29, 1.82) is 0 Å². The van der Waals surface area contributed by atoms with Crippen molar-refractivity contribution in [3.05, 3.63) is 46.5 Å². The summed E-state index contributed by atoms with van der Waals surface area (Å²) in [6.07, 6.45) is 4.04. The van der Waals surface area contributed by atoms with E-state index in [1.54, 1.807) is 13.1 Å². The molecule has 0 radical (unpaired) electrons. The van der Waals surface area contributed by atoms with Crippen molar-refractivity contribution in [2.45, 2.75) is 39.1 Å². The SMILES string of the molecule is C[C@H](O)c1cc2n(n1)CCCN(Cc1cnccc1Cl)C2. The number of fused-ring (bicyclic) bond motifs is 1. The molecule has 0 bridgehead atoms. The van der Waals surface area contributed by atoms with Crippen molar-refractivity contribution >= 4 is 11.6 Å². The van der Waals surface area contributed by atoms with Crippen LogP contribution in [0.3, 0.4) is 0 Å². The van der Waals surface area contributed by atoms with E-state index in [9.17, 15) is 5.11 Å².